The van der Waals surface area contributed by atoms with Gasteiger partial charge in [0.2, 0.25) is 5.91 Å². The number of fused-ring (bicyclic) bond motifs is 3. The maximum Gasteiger partial charge on any atom is 0.227 e. The van der Waals surface area contributed by atoms with Crippen LogP contribution in [-0.2, 0) is 22.4 Å². The number of carbonyl (C=O) groups excluding carboxylic acids is 2. The topological polar surface area (TPSA) is 71.2 Å². The van der Waals surface area contributed by atoms with Crippen molar-refractivity contribution in [3.8, 4) is 5.75 Å². The molecule has 1 amide bonds. The summed E-state index contributed by atoms with van der Waals surface area (Å²) < 4.78 is 5.40. The van der Waals surface area contributed by atoms with Gasteiger partial charge in [-0.3, -0.25) is 9.59 Å². The number of benzene rings is 2. The Balaban J connectivity index is 1.28. The highest BCUT2D eigenvalue weighted by Gasteiger charge is 2.28. The van der Waals surface area contributed by atoms with E-state index in [4.69, 9.17) is 4.74 Å². The van der Waals surface area contributed by atoms with Gasteiger partial charge >= 0.3 is 0 Å². The molecule has 2 aliphatic carbocycles. The Morgan fingerprint density at radius 2 is 1.91 bits per heavy atom. The fourth-order valence-electron chi connectivity index (χ4n) is 5.49. The van der Waals surface area contributed by atoms with Gasteiger partial charge in [-0.1, -0.05) is 24.3 Å². The normalized spacial score (nSPS) is 21.1. The van der Waals surface area contributed by atoms with E-state index in [0.29, 0.717) is 5.78 Å². The summed E-state index contributed by atoms with van der Waals surface area (Å²) in [5, 5.41) is 4.48. The van der Waals surface area contributed by atoms with Crippen LogP contribution in [0.1, 0.15) is 73.4 Å². The summed E-state index contributed by atoms with van der Waals surface area (Å²) in [4.78, 5) is 28.7. The minimum Gasteiger partial charge on any atom is -0.497 e. The zero-order valence-corrected chi connectivity index (χ0v) is 19.4. The van der Waals surface area contributed by atoms with Crippen molar-refractivity contribution in [1.82, 2.24) is 10.3 Å². The highest BCUT2D eigenvalue weighted by molar-refractivity contribution is 5.88. The number of carbonyl (C=O) groups is 2. The van der Waals surface area contributed by atoms with Crippen LogP contribution in [0.2, 0.25) is 0 Å². The van der Waals surface area contributed by atoms with Crippen molar-refractivity contribution in [2.75, 3.05) is 7.11 Å². The first-order valence-electron chi connectivity index (χ1n) is 12.1. The number of Topliss-reactive ketones (excluding diaryl/α,β-unsaturated/α-hetero) is 1. The van der Waals surface area contributed by atoms with E-state index in [2.05, 4.69) is 34.6 Å². The summed E-state index contributed by atoms with van der Waals surface area (Å²) in [6, 6.07) is 14.3. The van der Waals surface area contributed by atoms with Crippen LogP contribution in [0.5, 0.6) is 5.75 Å². The van der Waals surface area contributed by atoms with E-state index in [-0.39, 0.29) is 23.8 Å². The second-order valence-electron chi connectivity index (χ2n) is 9.61. The lowest BCUT2D eigenvalue weighted by molar-refractivity contribution is -0.123. The van der Waals surface area contributed by atoms with Gasteiger partial charge in [0.1, 0.15) is 11.5 Å². The molecule has 172 valence electrons. The number of H-pyrrole nitrogens is 1. The van der Waals surface area contributed by atoms with Crippen molar-refractivity contribution in [3.05, 3.63) is 64.8 Å². The molecule has 0 saturated heterocycles. The Morgan fingerprint density at radius 3 is 2.64 bits per heavy atom. The SMILES string of the molecule is COc1ccc2[nH]c3c(c2c1)CCC[C@@H]3NC(=O)[C@@H](C)c1ccc(C[C@@H]2CCCC2=O)cc1. The minimum atomic E-state index is -0.234. The van der Waals surface area contributed by atoms with Crippen molar-refractivity contribution >= 4 is 22.6 Å². The van der Waals surface area contributed by atoms with Crippen LogP contribution in [0.4, 0.5) is 0 Å². The summed E-state index contributed by atoms with van der Waals surface area (Å²) in [7, 11) is 1.69. The Kier molecular flexibility index (Phi) is 5.96. The van der Waals surface area contributed by atoms with E-state index in [9.17, 15) is 9.59 Å². The van der Waals surface area contributed by atoms with E-state index in [1.165, 1.54) is 16.5 Å². The molecule has 0 bridgehead atoms. The lowest BCUT2D eigenvalue weighted by Gasteiger charge is -2.25. The average molecular weight is 445 g/mol. The molecule has 2 aromatic carbocycles. The molecule has 0 spiro atoms. The maximum absolute atomic E-state index is 13.2. The van der Waals surface area contributed by atoms with Crippen LogP contribution in [0.15, 0.2) is 42.5 Å². The molecule has 3 aromatic rings. The molecule has 5 heteroatoms. The fraction of sp³-hybridized carbons (Fsp3) is 0.429. The monoisotopic (exact) mass is 444 g/mol. The number of aromatic amines is 1. The molecule has 0 radical (unpaired) electrons. The van der Waals surface area contributed by atoms with E-state index in [1.807, 2.05) is 25.1 Å². The molecule has 2 N–H and O–H groups in total. The molecule has 1 fully saturated rings. The van der Waals surface area contributed by atoms with Crippen molar-refractivity contribution in [1.29, 1.82) is 0 Å². The van der Waals surface area contributed by atoms with Crippen LogP contribution in [0.25, 0.3) is 10.9 Å². The third-order valence-corrected chi connectivity index (χ3v) is 7.52. The number of hydrogen-bond donors (Lipinski definition) is 2. The molecule has 0 aliphatic heterocycles. The molecule has 5 rings (SSSR count). The maximum atomic E-state index is 13.2. The van der Waals surface area contributed by atoms with Crippen LogP contribution < -0.4 is 10.1 Å². The highest BCUT2D eigenvalue weighted by Crippen LogP contribution is 2.36. The zero-order chi connectivity index (χ0) is 22.9. The van der Waals surface area contributed by atoms with Gasteiger partial charge < -0.3 is 15.0 Å². The van der Waals surface area contributed by atoms with Crippen LogP contribution in [0.3, 0.4) is 0 Å². The second kappa shape index (κ2) is 9.05. The first-order chi connectivity index (χ1) is 16.0. The Morgan fingerprint density at radius 1 is 1.12 bits per heavy atom. The van der Waals surface area contributed by atoms with Crippen molar-refractivity contribution < 1.29 is 14.3 Å². The molecular formula is C28H32N2O3. The van der Waals surface area contributed by atoms with E-state index < -0.39 is 0 Å². The van der Waals surface area contributed by atoms with Gasteiger partial charge in [-0.25, -0.2) is 0 Å². The summed E-state index contributed by atoms with van der Waals surface area (Å²) in [6.07, 6.45) is 6.56. The van der Waals surface area contributed by atoms with Gasteiger partial charge in [-0.15, -0.1) is 0 Å². The zero-order valence-electron chi connectivity index (χ0n) is 19.4. The number of methoxy groups -OCH3 is 1. The van der Waals surface area contributed by atoms with Gasteiger partial charge in [0.05, 0.1) is 19.1 Å². The third-order valence-electron chi connectivity index (χ3n) is 7.52. The summed E-state index contributed by atoms with van der Waals surface area (Å²) in [6.45, 7) is 1.96. The molecule has 1 saturated carbocycles. The van der Waals surface area contributed by atoms with Crippen LogP contribution >= 0.6 is 0 Å². The van der Waals surface area contributed by atoms with E-state index in [1.54, 1.807) is 7.11 Å². The molecule has 5 nitrogen and oxygen atoms in total. The number of amides is 1. The number of ether oxygens (including phenoxy) is 1. The number of ketones is 1. The predicted molar refractivity (Wildman–Crippen MR) is 130 cm³/mol. The first kappa shape index (κ1) is 21.7. The lowest BCUT2D eigenvalue weighted by atomic mass is 9.90. The van der Waals surface area contributed by atoms with Gasteiger partial charge in [-0.05, 0) is 80.3 Å². The van der Waals surface area contributed by atoms with Crippen LogP contribution in [0, 0.1) is 5.92 Å². The Bertz CT molecular complexity index is 1180. The van der Waals surface area contributed by atoms with Gasteiger partial charge in [0.15, 0.2) is 0 Å². The number of rotatable bonds is 6. The predicted octanol–water partition coefficient (Wildman–Crippen LogP) is 5.39. The second-order valence-corrected chi connectivity index (χ2v) is 9.61. The molecule has 1 heterocycles. The number of nitrogens with one attached hydrogen (secondary N) is 2. The standard InChI is InChI=1S/C28H32N2O3/c1-17(19-11-9-18(10-12-19)15-20-5-3-8-26(20)31)28(32)30-25-7-4-6-22-23-16-21(33-2)13-14-24(23)29-27(22)25/h9-14,16-17,20,25,29H,3-8,15H2,1-2H3,(H,30,32)/t17-,20-,25-/m0/s1. The number of aromatic nitrogens is 1. The van der Waals surface area contributed by atoms with E-state index >= 15 is 0 Å². The number of aryl methyl sites for hydroxylation is 1. The van der Waals surface area contributed by atoms with Crippen molar-refractivity contribution in [2.24, 2.45) is 5.92 Å². The lowest BCUT2D eigenvalue weighted by Crippen LogP contribution is -2.34. The third kappa shape index (κ3) is 4.29. The molecule has 33 heavy (non-hydrogen) atoms. The van der Waals surface area contributed by atoms with Gasteiger partial charge in [0.25, 0.3) is 0 Å². The molecule has 1 aromatic heterocycles. The fourth-order valence-corrected chi connectivity index (χ4v) is 5.49. The summed E-state index contributed by atoms with van der Waals surface area (Å²) in [5.74, 6) is 1.23. The summed E-state index contributed by atoms with van der Waals surface area (Å²) >= 11 is 0. The summed E-state index contributed by atoms with van der Waals surface area (Å²) in [5.41, 5.74) is 5.69. The van der Waals surface area contributed by atoms with Gasteiger partial charge in [-0.2, -0.15) is 0 Å². The van der Waals surface area contributed by atoms with Crippen molar-refractivity contribution in [2.45, 2.75) is 63.8 Å². The van der Waals surface area contributed by atoms with Gasteiger partial charge in [0, 0.05) is 28.9 Å². The molecular weight excluding hydrogens is 412 g/mol. The Hall–Kier alpha value is -3.08. The van der Waals surface area contributed by atoms with E-state index in [0.717, 1.165) is 67.5 Å². The largest absolute Gasteiger partial charge is 0.497 e. The highest BCUT2D eigenvalue weighted by atomic mass is 16.5. The first-order valence-corrected chi connectivity index (χ1v) is 12.1. The Labute approximate surface area is 194 Å². The quantitative estimate of drug-likeness (QED) is 0.536. The van der Waals surface area contributed by atoms with Crippen LogP contribution in [-0.4, -0.2) is 23.8 Å². The molecule has 0 unspecified atom stereocenters. The molecule has 3 atom stereocenters. The minimum absolute atomic E-state index is 0.00486. The smallest absolute Gasteiger partial charge is 0.227 e. The molecule has 2 aliphatic rings. The number of hydrogen-bond acceptors (Lipinski definition) is 3. The average Bonchev–Trinajstić information content (AvgIpc) is 3.42. The van der Waals surface area contributed by atoms with Crippen molar-refractivity contribution in [3.63, 3.8) is 0 Å².